The van der Waals surface area contributed by atoms with Crippen LogP contribution in [0.1, 0.15) is 66.7 Å². The van der Waals surface area contributed by atoms with Crippen molar-refractivity contribution in [1.29, 1.82) is 0 Å². The van der Waals surface area contributed by atoms with Gasteiger partial charge in [0.2, 0.25) is 0 Å². The van der Waals surface area contributed by atoms with Gasteiger partial charge in [-0.05, 0) is 63.3 Å². The Kier molecular flexibility index (Phi) is 5.92. The largest absolute Gasteiger partial charge is 0.312 e. The van der Waals surface area contributed by atoms with Crippen LogP contribution in [0.25, 0.3) is 0 Å². The summed E-state index contributed by atoms with van der Waals surface area (Å²) in [5.74, 6) is 2.67. The number of nitrogens with zero attached hydrogens (tertiary/aromatic N) is 1. The topological polar surface area (TPSA) is 15.3 Å². The van der Waals surface area contributed by atoms with E-state index in [0.717, 1.165) is 35.9 Å². The lowest BCUT2D eigenvalue weighted by Gasteiger charge is -2.44. The summed E-state index contributed by atoms with van der Waals surface area (Å²) < 4.78 is 0. The van der Waals surface area contributed by atoms with Crippen LogP contribution < -0.4 is 5.32 Å². The number of nitrogens with one attached hydrogen (secondary N) is 1. The zero-order valence-corrected chi connectivity index (χ0v) is 14.4. The van der Waals surface area contributed by atoms with E-state index in [9.17, 15) is 0 Å². The Balaban J connectivity index is 2.04. The third-order valence-corrected chi connectivity index (χ3v) is 5.71. The van der Waals surface area contributed by atoms with Crippen molar-refractivity contribution in [2.45, 2.75) is 84.8 Å². The molecule has 1 saturated heterocycles. The summed E-state index contributed by atoms with van der Waals surface area (Å²) in [5, 5.41) is 3.85. The first-order valence-electron chi connectivity index (χ1n) is 9.02. The van der Waals surface area contributed by atoms with E-state index in [0.29, 0.717) is 0 Å². The zero-order valence-electron chi connectivity index (χ0n) is 14.4. The molecule has 2 nitrogen and oxygen atoms in total. The molecule has 5 atom stereocenters. The van der Waals surface area contributed by atoms with Gasteiger partial charge >= 0.3 is 0 Å². The molecule has 2 fully saturated rings. The van der Waals surface area contributed by atoms with Crippen molar-refractivity contribution in [3.63, 3.8) is 0 Å². The zero-order chi connectivity index (χ0) is 14.7. The molecule has 0 aromatic rings. The van der Waals surface area contributed by atoms with Crippen LogP contribution in [0.4, 0.5) is 0 Å². The average molecular weight is 280 g/mol. The molecule has 1 heterocycles. The molecule has 1 aliphatic carbocycles. The highest BCUT2D eigenvalue weighted by molar-refractivity contribution is 4.96. The number of likely N-dealkylation sites (tertiary alicyclic amines) is 1. The Labute approximate surface area is 126 Å². The molecule has 2 heteroatoms. The molecule has 2 rings (SSSR count). The van der Waals surface area contributed by atoms with E-state index in [1.54, 1.807) is 0 Å². The monoisotopic (exact) mass is 280 g/mol. The van der Waals surface area contributed by atoms with Gasteiger partial charge in [-0.3, -0.25) is 4.90 Å². The Bertz CT molecular complexity index is 289. The molecule has 2 aliphatic rings. The van der Waals surface area contributed by atoms with Crippen LogP contribution in [0.15, 0.2) is 0 Å². The normalized spacial score (nSPS) is 39.6. The quantitative estimate of drug-likeness (QED) is 0.821. The number of rotatable bonds is 5. The summed E-state index contributed by atoms with van der Waals surface area (Å²) in [5.41, 5.74) is 0. The van der Waals surface area contributed by atoms with Crippen molar-refractivity contribution >= 4 is 0 Å². The fraction of sp³-hybridized carbons (Fsp3) is 1.00. The van der Waals surface area contributed by atoms with Gasteiger partial charge in [0, 0.05) is 24.7 Å². The summed E-state index contributed by atoms with van der Waals surface area (Å²) in [4.78, 5) is 2.84. The molecule has 0 amide bonds. The Hall–Kier alpha value is -0.0800. The van der Waals surface area contributed by atoms with Crippen LogP contribution in [0.3, 0.4) is 0 Å². The Morgan fingerprint density at radius 2 is 1.90 bits per heavy atom. The van der Waals surface area contributed by atoms with Crippen molar-refractivity contribution < 1.29 is 0 Å². The molecule has 1 N–H and O–H groups in total. The molecule has 1 aliphatic heterocycles. The molecule has 5 unspecified atom stereocenters. The lowest BCUT2D eigenvalue weighted by atomic mass is 9.76. The van der Waals surface area contributed by atoms with Crippen LogP contribution >= 0.6 is 0 Å². The standard InChI is InChI=1S/C18H36N2/c1-6-9-19-17-8-7-16(13(2)3)11-18(17)20-12-14(4)10-15(20)5/h13-19H,6-12H2,1-5H3. The molecule has 0 spiro atoms. The van der Waals surface area contributed by atoms with E-state index in [1.165, 1.54) is 45.2 Å². The second kappa shape index (κ2) is 7.26. The molecular formula is C18H36N2. The first-order valence-corrected chi connectivity index (χ1v) is 9.02. The predicted octanol–water partition coefficient (Wildman–Crippen LogP) is 3.91. The van der Waals surface area contributed by atoms with Gasteiger partial charge < -0.3 is 5.32 Å². The van der Waals surface area contributed by atoms with Gasteiger partial charge in [0.15, 0.2) is 0 Å². The van der Waals surface area contributed by atoms with E-state index in [-0.39, 0.29) is 0 Å². The van der Waals surface area contributed by atoms with Crippen molar-refractivity contribution in [3.8, 4) is 0 Å². The van der Waals surface area contributed by atoms with Crippen molar-refractivity contribution in [2.24, 2.45) is 17.8 Å². The van der Waals surface area contributed by atoms with Gasteiger partial charge in [0.1, 0.15) is 0 Å². The second-order valence-electron chi connectivity index (χ2n) is 7.83. The first-order chi connectivity index (χ1) is 9.52. The highest BCUT2D eigenvalue weighted by atomic mass is 15.2. The van der Waals surface area contributed by atoms with Crippen LogP contribution in [-0.2, 0) is 0 Å². The van der Waals surface area contributed by atoms with E-state index < -0.39 is 0 Å². The lowest BCUT2D eigenvalue weighted by Crippen LogP contribution is -2.54. The van der Waals surface area contributed by atoms with E-state index in [2.05, 4.69) is 44.8 Å². The van der Waals surface area contributed by atoms with Crippen molar-refractivity contribution in [3.05, 3.63) is 0 Å². The van der Waals surface area contributed by atoms with E-state index >= 15 is 0 Å². The maximum Gasteiger partial charge on any atom is 0.0255 e. The SMILES string of the molecule is CCCNC1CCC(C(C)C)CC1N1CC(C)CC1C. The average Bonchev–Trinajstić information content (AvgIpc) is 2.75. The molecule has 0 bridgehead atoms. The van der Waals surface area contributed by atoms with Crippen LogP contribution in [-0.4, -0.2) is 36.1 Å². The lowest BCUT2D eigenvalue weighted by molar-refractivity contribution is 0.0768. The smallest absolute Gasteiger partial charge is 0.0255 e. The van der Waals surface area contributed by atoms with E-state index in [1.807, 2.05) is 0 Å². The summed E-state index contributed by atoms with van der Waals surface area (Å²) in [6.45, 7) is 14.5. The fourth-order valence-corrected chi connectivity index (χ4v) is 4.51. The highest BCUT2D eigenvalue weighted by Crippen LogP contribution is 2.36. The number of hydrogen-bond acceptors (Lipinski definition) is 2. The minimum atomic E-state index is 0.734. The Morgan fingerprint density at radius 1 is 1.15 bits per heavy atom. The molecule has 0 aromatic carbocycles. The molecular weight excluding hydrogens is 244 g/mol. The van der Waals surface area contributed by atoms with Gasteiger partial charge in [-0.25, -0.2) is 0 Å². The highest BCUT2D eigenvalue weighted by Gasteiger charge is 2.39. The fourth-order valence-electron chi connectivity index (χ4n) is 4.51. The molecule has 118 valence electrons. The van der Waals surface area contributed by atoms with Crippen LogP contribution in [0.2, 0.25) is 0 Å². The van der Waals surface area contributed by atoms with Gasteiger partial charge in [-0.15, -0.1) is 0 Å². The summed E-state index contributed by atoms with van der Waals surface area (Å²) in [7, 11) is 0. The predicted molar refractivity (Wildman–Crippen MR) is 88.0 cm³/mol. The molecule has 1 saturated carbocycles. The molecule has 20 heavy (non-hydrogen) atoms. The second-order valence-corrected chi connectivity index (χ2v) is 7.83. The minimum absolute atomic E-state index is 0.734. The maximum atomic E-state index is 3.85. The van der Waals surface area contributed by atoms with Crippen molar-refractivity contribution in [1.82, 2.24) is 10.2 Å². The molecule has 0 aromatic heterocycles. The van der Waals surface area contributed by atoms with Gasteiger partial charge in [0.05, 0.1) is 0 Å². The van der Waals surface area contributed by atoms with Crippen molar-refractivity contribution in [2.75, 3.05) is 13.1 Å². The minimum Gasteiger partial charge on any atom is -0.312 e. The Morgan fingerprint density at radius 3 is 2.45 bits per heavy atom. The van der Waals surface area contributed by atoms with E-state index in [4.69, 9.17) is 0 Å². The van der Waals surface area contributed by atoms with Gasteiger partial charge in [-0.2, -0.15) is 0 Å². The first kappa shape index (κ1) is 16.3. The summed E-state index contributed by atoms with van der Waals surface area (Å²) in [6, 6.07) is 2.30. The summed E-state index contributed by atoms with van der Waals surface area (Å²) in [6.07, 6.45) is 6.86. The number of hydrogen-bond donors (Lipinski definition) is 1. The van der Waals surface area contributed by atoms with Crippen LogP contribution in [0, 0.1) is 17.8 Å². The third-order valence-electron chi connectivity index (χ3n) is 5.71. The van der Waals surface area contributed by atoms with Crippen LogP contribution in [0.5, 0.6) is 0 Å². The third kappa shape index (κ3) is 3.76. The summed E-state index contributed by atoms with van der Waals surface area (Å²) >= 11 is 0. The maximum absolute atomic E-state index is 3.85. The molecule has 0 radical (unpaired) electrons. The van der Waals surface area contributed by atoms with Gasteiger partial charge in [-0.1, -0.05) is 27.7 Å². The van der Waals surface area contributed by atoms with Gasteiger partial charge in [0.25, 0.3) is 0 Å².